The predicted molar refractivity (Wildman–Crippen MR) is 56.3 cm³/mol. The van der Waals surface area contributed by atoms with Crippen molar-refractivity contribution in [1.82, 2.24) is 10.2 Å². The van der Waals surface area contributed by atoms with E-state index in [1.807, 2.05) is 0 Å². The maximum absolute atomic E-state index is 11.3. The Bertz CT molecular complexity index is 258. The number of hydrogen-bond acceptors (Lipinski definition) is 2. The van der Waals surface area contributed by atoms with Gasteiger partial charge in [0.2, 0.25) is 0 Å². The number of carboxylic acids is 1. The molecule has 0 aromatic heterocycles. The second-order valence-electron chi connectivity index (χ2n) is 3.10. The molecule has 0 unspecified atom stereocenters. The highest BCUT2D eigenvalue weighted by atomic mass is 16.4. The second kappa shape index (κ2) is 7.68. The number of aliphatic carboxylic acids is 1. The van der Waals surface area contributed by atoms with E-state index in [1.165, 1.54) is 4.90 Å². The summed E-state index contributed by atoms with van der Waals surface area (Å²) < 4.78 is 0. The summed E-state index contributed by atoms with van der Waals surface area (Å²) in [5.41, 5.74) is 0. The van der Waals surface area contributed by atoms with E-state index in [0.29, 0.717) is 13.0 Å². The summed E-state index contributed by atoms with van der Waals surface area (Å²) in [5, 5.41) is 11.0. The van der Waals surface area contributed by atoms with Gasteiger partial charge in [0.05, 0.1) is 6.42 Å². The first-order valence-electron chi connectivity index (χ1n) is 4.72. The molecule has 0 aromatic rings. The summed E-state index contributed by atoms with van der Waals surface area (Å²) in [6, 6.07) is -0.270. The van der Waals surface area contributed by atoms with Gasteiger partial charge in [0.25, 0.3) is 0 Å². The third-order valence-electron chi connectivity index (χ3n) is 1.78. The molecule has 5 heteroatoms. The Morgan fingerprint density at radius 1 is 1.53 bits per heavy atom. The van der Waals surface area contributed by atoms with Gasteiger partial charge < -0.3 is 15.3 Å². The zero-order chi connectivity index (χ0) is 11.7. The van der Waals surface area contributed by atoms with Crippen molar-refractivity contribution in [1.29, 1.82) is 0 Å². The minimum Gasteiger partial charge on any atom is -0.481 e. The van der Waals surface area contributed by atoms with Gasteiger partial charge >= 0.3 is 12.0 Å². The first-order valence-corrected chi connectivity index (χ1v) is 4.72. The van der Waals surface area contributed by atoms with Crippen molar-refractivity contribution in [2.24, 2.45) is 0 Å². The molecule has 0 atom stereocenters. The zero-order valence-corrected chi connectivity index (χ0v) is 8.82. The lowest BCUT2D eigenvalue weighted by atomic mass is 10.3. The van der Waals surface area contributed by atoms with E-state index in [0.717, 1.165) is 6.42 Å². The molecule has 0 aliphatic heterocycles. The monoisotopic (exact) mass is 212 g/mol. The Hall–Kier alpha value is -1.70. The standard InChI is InChI=1S/C10H16N2O3/c1-3-4-5-7-11-10(15)12(2)8-6-9(13)14/h1H,4-8H2,2H3,(H,11,15)(H,13,14). The molecule has 84 valence electrons. The smallest absolute Gasteiger partial charge is 0.317 e. The fourth-order valence-electron chi connectivity index (χ4n) is 0.886. The van der Waals surface area contributed by atoms with Crippen LogP contribution in [0.4, 0.5) is 4.79 Å². The Balaban J connectivity index is 3.61. The van der Waals surface area contributed by atoms with Crippen molar-refractivity contribution in [3.05, 3.63) is 0 Å². The van der Waals surface area contributed by atoms with E-state index in [4.69, 9.17) is 11.5 Å². The number of carbonyl (C=O) groups is 2. The number of urea groups is 1. The van der Waals surface area contributed by atoms with Crippen molar-refractivity contribution in [2.45, 2.75) is 19.3 Å². The number of hydrogen-bond donors (Lipinski definition) is 2. The van der Waals surface area contributed by atoms with E-state index in [2.05, 4.69) is 11.2 Å². The Labute approximate surface area is 89.4 Å². The van der Waals surface area contributed by atoms with Crippen LogP contribution in [0.25, 0.3) is 0 Å². The predicted octanol–water partition coefficient (Wildman–Crippen LogP) is 0.516. The summed E-state index contributed by atoms with van der Waals surface area (Å²) in [4.78, 5) is 22.9. The highest BCUT2D eigenvalue weighted by molar-refractivity contribution is 5.74. The van der Waals surface area contributed by atoms with Crippen molar-refractivity contribution < 1.29 is 14.7 Å². The van der Waals surface area contributed by atoms with Gasteiger partial charge in [0.1, 0.15) is 0 Å². The van der Waals surface area contributed by atoms with Crippen molar-refractivity contribution >= 4 is 12.0 Å². The minimum absolute atomic E-state index is 0.0473. The topological polar surface area (TPSA) is 69.6 Å². The van der Waals surface area contributed by atoms with Crippen molar-refractivity contribution in [3.63, 3.8) is 0 Å². The van der Waals surface area contributed by atoms with Crippen LogP contribution in [0.2, 0.25) is 0 Å². The number of rotatable bonds is 6. The molecule has 0 aromatic carbocycles. The summed E-state index contributed by atoms with van der Waals surface area (Å²) in [5.74, 6) is 1.55. The second-order valence-corrected chi connectivity index (χ2v) is 3.10. The molecule has 0 saturated heterocycles. The molecule has 0 rings (SSSR count). The summed E-state index contributed by atoms with van der Waals surface area (Å²) in [6.07, 6.45) is 6.36. The van der Waals surface area contributed by atoms with Gasteiger partial charge in [-0.05, 0) is 6.42 Å². The van der Waals surface area contributed by atoms with Gasteiger partial charge in [-0.2, -0.15) is 0 Å². The van der Waals surface area contributed by atoms with Crippen LogP contribution >= 0.6 is 0 Å². The number of nitrogens with one attached hydrogen (secondary N) is 1. The molecule has 0 heterocycles. The average molecular weight is 212 g/mol. The fraction of sp³-hybridized carbons (Fsp3) is 0.600. The highest BCUT2D eigenvalue weighted by Crippen LogP contribution is 1.90. The average Bonchev–Trinajstić information content (AvgIpc) is 2.20. The van der Waals surface area contributed by atoms with Crippen LogP contribution in [0, 0.1) is 12.3 Å². The molecule has 0 saturated carbocycles. The van der Waals surface area contributed by atoms with E-state index >= 15 is 0 Å². The minimum atomic E-state index is -0.915. The van der Waals surface area contributed by atoms with Gasteiger partial charge in [-0.3, -0.25) is 4.79 Å². The van der Waals surface area contributed by atoms with Crippen molar-refractivity contribution in [2.75, 3.05) is 20.1 Å². The maximum Gasteiger partial charge on any atom is 0.317 e. The quantitative estimate of drug-likeness (QED) is 0.498. The van der Waals surface area contributed by atoms with Crippen LogP contribution in [0.3, 0.4) is 0 Å². The summed E-state index contributed by atoms with van der Waals surface area (Å²) in [6.45, 7) is 0.719. The third kappa shape index (κ3) is 7.38. The van der Waals surface area contributed by atoms with Gasteiger partial charge in [0.15, 0.2) is 0 Å². The van der Waals surface area contributed by atoms with Crippen molar-refractivity contribution in [3.8, 4) is 12.3 Å². The molecule has 0 bridgehead atoms. The van der Waals surface area contributed by atoms with Crippen LogP contribution in [0.1, 0.15) is 19.3 Å². The van der Waals surface area contributed by atoms with Crippen LogP contribution < -0.4 is 5.32 Å². The summed E-state index contributed by atoms with van der Waals surface area (Å²) in [7, 11) is 1.56. The van der Waals surface area contributed by atoms with Gasteiger partial charge in [-0.15, -0.1) is 12.3 Å². The first-order chi connectivity index (χ1) is 7.07. The molecule has 15 heavy (non-hydrogen) atoms. The molecule has 0 aliphatic carbocycles. The number of terminal acetylenes is 1. The van der Waals surface area contributed by atoms with Crippen LogP contribution in [0.5, 0.6) is 0 Å². The Morgan fingerprint density at radius 2 is 2.20 bits per heavy atom. The molecule has 2 amide bonds. The van der Waals surface area contributed by atoms with E-state index in [9.17, 15) is 9.59 Å². The molecule has 5 nitrogen and oxygen atoms in total. The number of nitrogens with zero attached hydrogens (tertiary/aromatic N) is 1. The van der Waals surface area contributed by atoms with Gasteiger partial charge in [0, 0.05) is 26.6 Å². The molecule has 0 radical (unpaired) electrons. The molecule has 0 fully saturated rings. The lowest BCUT2D eigenvalue weighted by molar-refractivity contribution is -0.137. The highest BCUT2D eigenvalue weighted by Gasteiger charge is 2.08. The Morgan fingerprint density at radius 3 is 2.73 bits per heavy atom. The molecule has 0 aliphatic rings. The van der Waals surface area contributed by atoms with Gasteiger partial charge in [-0.1, -0.05) is 0 Å². The SMILES string of the molecule is C#CCCCNC(=O)N(C)CCC(=O)O. The summed E-state index contributed by atoms with van der Waals surface area (Å²) >= 11 is 0. The number of carbonyl (C=O) groups excluding carboxylic acids is 1. The van der Waals surface area contributed by atoms with Crippen LogP contribution in [-0.2, 0) is 4.79 Å². The van der Waals surface area contributed by atoms with Crippen LogP contribution in [-0.4, -0.2) is 42.1 Å². The first kappa shape index (κ1) is 13.3. The molecular weight excluding hydrogens is 196 g/mol. The van der Waals surface area contributed by atoms with E-state index < -0.39 is 5.97 Å². The molecular formula is C10H16N2O3. The molecule has 2 N–H and O–H groups in total. The van der Waals surface area contributed by atoms with Gasteiger partial charge in [-0.25, -0.2) is 4.79 Å². The normalized spacial score (nSPS) is 9.07. The number of carboxylic acid groups (broad SMARTS) is 1. The fourth-order valence-corrected chi connectivity index (χ4v) is 0.886. The lowest BCUT2D eigenvalue weighted by Crippen LogP contribution is -2.38. The number of amides is 2. The lowest BCUT2D eigenvalue weighted by Gasteiger charge is -2.16. The van der Waals surface area contributed by atoms with Crippen LogP contribution in [0.15, 0.2) is 0 Å². The number of unbranched alkanes of at least 4 members (excludes halogenated alkanes) is 1. The van der Waals surface area contributed by atoms with E-state index in [1.54, 1.807) is 7.05 Å². The zero-order valence-electron chi connectivity index (χ0n) is 8.82. The maximum atomic E-state index is 11.3. The van der Waals surface area contributed by atoms with E-state index in [-0.39, 0.29) is 19.0 Å². The third-order valence-corrected chi connectivity index (χ3v) is 1.78. The largest absolute Gasteiger partial charge is 0.481 e. The molecule has 0 spiro atoms. The Kier molecular flexibility index (Phi) is 6.81.